The highest BCUT2D eigenvalue weighted by atomic mass is 32.2. The quantitative estimate of drug-likeness (QED) is 0.680. The summed E-state index contributed by atoms with van der Waals surface area (Å²) < 4.78 is 33.7. The maximum Gasteiger partial charge on any atom is 0.243 e. The molecule has 0 radical (unpaired) electrons. The van der Waals surface area contributed by atoms with E-state index in [9.17, 15) is 8.42 Å². The summed E-state index contributed by atoms with van der Waals surface area (Å²) in [7, 11) is -2.03. The monoisotopic (exact) mass is 459 g/mol. The maximum absolute atomic E-state index is 13.4. The molecular weight excluding hydrogens is 426 g/mol. The van der Waals surface area contributed by atoms with Crippen LogP contribution in [0.1, 0.15) is 36.2 Å². The lowest BCUT2D eigenvalue weighted by Gasteiger charge is -2.35. The van der Waals surface area contributed by atoms with Gasteiger partial charge in [0.1, 0.15) is 23.2 Å². The third-order valence-electron chi connectivity index (χ3n) is 6.36. The van der Waals surface area contributed by atoms with Crippen LogP contribution in [-0.4, -0.2) is 69.1 Å². The Morgan fingerprint density at radius 1 is 0.781 bits per heavy atom. The van der Waals surface area contributed by atoms with Gasteiger partial charge in [-0.3, -0.25) is 0 Å². The molecular formula is C23H33N5O3S. The Kier molecular flexibility index (Phi) is 6.57. The van der Waals surface area contributed by atoms with Crippen molar-refractivity contribution in [2.24, 2.45) is 0 Å². The molecule has 0 unspecified atom stereocenters. The van der Waals surface area contributed by atoms with Crippen molar-refractivity contribution in [1.29, 1.82) is 0 Å². The fourth-order valence-corrected chi connectivity index (χ4v) is 6.24. The third-order valence-corrected chi connectivity index (χ3v) is 8.40. The van der Waals surface area contributed by atoms with E-state index in [1.807, 2.05) is 26.8 Å². The first-order valence-corrected chi connectivity index (χ1v) is 12.7. The highest BCUT2D eigenvalue weighted by molar-refractivity contribution is 7.89. The van der Waals surface area contributed by atoms with Gasteiger partial charge in [-0.25, -0.2) is 18.4 Å². The first-order chi connectivity index (χ1) is 15.3. The van der Waals surface area contributed by atoms with E-state index < -0.39 is 10.0 Å². The summed E-state index contributed by atoms with van der Waals surface area (Å²) >= 11 is 0. The van der Waals surface area contributed by atoms with Crippen molar-refractivity contribution in [1.82, 2.24) is 14.3 Å². The molecule has 0 atom stereocenters. The summed E-state index contributed by atoms with van der Waals surface area (Å²) in [5, 5.41) is 0. The second-order valence-corrected chi connectivity index (χ2v) is 10.6. The highest BCUT2D eigenvalue weighted by Gasteiger charge is 2.31. The lowest BCUT2D eigenvalue weighted by molar-refractivity contribution is 0.382. The first kappa shape index (κ1) is 22.8. The van der Waals surface area contributed by atoms with E-state index in [2.05, 4.69) is 25.8 Å². The van der Waals surface area contributed by atoms with E-state index in [0.717, 1.165) is 41.7 Å². The van der Waals surface area contributed by atoms with Crippen LogP contribution in [0.4, 0.5) is 11.6 Å². The molecule has 1 aromatic heterocycles. The molecule has 174 valence electrons. The van der Waals surface area contributed by atoms with Crippen molar-refractivity contribution >= 4 is 21.7 Å². The fraction of sp³-hybridized carbons (Fsp3) is 0.565. The molecule has 0 N–H and O–H groups in total. The van der Waals surface area contributed by atoms with Crippen molar-refractivity contribution in [3.63, 3.8) is 0 Å². The van der Waals surface area contributed by atoms with Crippen LogP contribution in [0.25, 0.3) is 0 Å². The molecule has 8 nitrogen and oxygen atoms in total. The Morgan fingerprint density at radius 2 is 1.38 bits per heavy atom. The molecule has 1 aromatic carbocycles. The summed E-state index contributed by atoms with van der Waals surface area (Å²) in [6.45, 7) is 9.76. The number of piperazine rings is 1. The Balaban J connectivity index is 1.50. The van der Waals surface area contributed by atoms with Crippen LogP contribution in [0.5, 0.6) is 5.75 Å². The first-order valence-electron chi connectivity index (χ1n) is 11.3. The van der Waals surface area contributed by atoms with Crippen LogP contribution >= 0.6 is 0 Å². The minimum absolute atomic E-state index is 0.318. The Morgan fingerprint density at radius 3 is 1.97 bits per heavy atom. The van der Waals surface area contributed by atoms with Crippen molar-refractivity contribution in [3.8, 4) is 5.75 Å². The number of aryl methyl sites for hydroxylation is 3. The molecule has 2 saturated heterocycles. The largest absolute Gasteiger partial charge is 0.496 e. The van der Waals surface area contributed by atoms with Crippen LogP contribution < -0.4 is 14.5 Å². The summed E-state index contributed by atoms with van der Waals surface area (Å²) in [5.74, 6) is 3.20. The van der Waals surface area contributed by atoms with Crippen molar-refractivity contribution in [2.75, 3.05) is 56.2 Å². The zero-order chi connectivity index (χ0) is 22.9. The van der Waals surface area contributed by atoms with Gasteiger partial charge in [-0.1, -0.05) is 6.07 Å². The molecule has 2 aliphatic heterocycles. The molecule has 0 aliphatic carbocycles. The lowest BCUT2D eigenvalue weighted by Crippen LogP contribution is -2.49. The lowest BCUT2D eigenvalue weighted by atomic mass is 10.1. The predicted molar refractivity (Wildman–Crippen MR) is 126 cm³/mol. The molecule has 32 heavy (non-hydrogen) atoms. The standard InChI is InChI=1S/C23H33N5O3S/c1-17-14-18(2)21(15-20(17)31-4)32(29,30)28-12-10-27(11-13-28)23-16-22(24-19(3)25-23)26-8-6-5-7-9-26/h14-16H,5-13H2,1-4H3. The molecule has 0 saturated carbocycles. The average molecular weight is 460 g/mol. The molecule has 0 amide bonds. The summed E-state index contributed by atoms with van der Waals surface area (Å²) in [6, 6.07) is 5.57. The Hall–Kier alpha value is -2.39. The molecule has 0 spiro atoms. The van der Waals surface area contributed by atoms with E-state index in [1.165, 1.54) is 19.3 Å². The molecule has 0 bridgehead atoms. The highest BCUT2D eigenvalue weighted by Crippen LogP contribution is 2.29. The number of sulfonamides is 1. The third kappa shape index (κ3) is 4.54. The van der Waals surface area contributed by atoms with Gasteiger partial charge in [0.25, 0.3) is 0 Å². The van der Waals surface area contributed by atoms with Gasteiger partial charge in [-0.2, -0.15) is 4.31 Å². The number of anilines is 2. The molecule has 2 aliphatic rings. The second-order valence-electron chi connectivity index (χ2n) is 8.66. The van der Waals surface area contributed by atoms with E-state index >= 15 is 0 Å². The van der Waals surface area contributed by atoms with E-state index in [0.29, 0.717) is 36.8 Å². The number of nitrogens with zero attached hydrogens (tertiary/aromatic N) is 5. The van der Waals surface area contributed by atoms with Crippen molar-refractivity contribution in [2.45, 2.75) is 44.9 Å². The van der Waals surface area contributed by atoms with Gasteiger partial charge in [-0.05, 0) is 51.2 Å². The van der Waals surface area contributed by atoms with Crippen LogP contribution in [0.3, 0.4) is 0 Å². The molecule has 2 fully saturated rings. The summed E-state index contributed by atoms with van der Waals surface area (Å²) in [6.07, 6.45) is 3.66. The minimum atomic E-state index is -3.60. The van der Waals surface area contributed by atoms with Crippen LogP contribution in [0, 0.1) is 20.8 Å². The number of ether oxygens (including phenoxy) is 1. The molecule has 3 heterocycles. The van der Waals surface area contributed by atoms with Crippen molar-refractivity contribution < 1.29 is 13.2 Å². The number of aromatic nitrogens is 2. The number of piperidine rings is 1. The van der Waals surface area contributed by atoms with Crippen LogP contribution in [0.2, 0.25) is 0 Å². The fourth-order valence-electron chi connectivity index (χ4n) is 4.59. The van der Waals surface area contributed by atoms with E-state index in [1.54, 1.807) is 17.5 Å². The Bertz CT molecular complexity index is 1080. The topological polar surface area (TPSA) is 78.9 Å². The van der Waals surface area contributed by atoms with E-state index in [-0.39, 0.29) is 0 Å². The average Bonchev–Trinajstić information content (AvgIpc) is 2.79. The SMILES string of the molecule is COc1cc(S(=O)(=O)N2CCN(c3cc(N4CCCCC4)nc(C)n3)CC2)c(C)cc1C. The van der Waals surface area contributed by atoms with Crippen LogP contribution in [0.15, 0.2) is 23.1 Å². The van der Waals surface area contributed by atoms with Gasteiger partial charge in [-0.15, -0.1) is 0 Å². The summed E-state index contributed by atoms with van der Waals surface area (Å²) in [5.41, 5.74) is 1.67. The van der Waals surface area contributed by atoms with Gasteiger partial charge in [0.15, 0.2) is 0 Å². The van der Waals surface area contributed by atoms with Gasteiger partial charge in [0.2, 0.25) is 10.0 Å². The smallest absolute Gasteiger partial charge is 0.243 e. The number of benzene rings is 1. The maximum atomic E-state index is 13.4. The van der Waals surface area contributed by atoms with Gasteiger partial charge in [0, 0.05) is 51.4 Å². The molecule has 9 heteroatoms. The van der Waals surface area contributed by atoms with Gasteiger partial charge < -0.3 is 14.5 Å². The number of hydrogen-bond acceptors (Lipinski definition) is 7. The normalized spacial score (nSPS) is 18.1. The zero-order valence-electron chi connectivity index (χ0n) is 19.5. The zero-order valence-corrected chi connectivity index (χ0v) is 20.3. The Labute approximate surface area is 191 Å². The number of rotatable bonds is 5. The number of hydrogen-bond donors (Lipinski definition) is 0. The number of methoxy groups -OCH3 is 1. The molecule has 4 rings (SSSR count). The van der Waals surface area contributed by atoms with Gasteiger partial charge in [0.05, 0.1) is 12.0 Å². The van der Waals surface area contributed by atoms with Crippen molar-refractivity contribution in [3.05, 3.63) is 35.2 Å². The second kappa shape index (κ2) is 9.23. The minimum Gasteiger partial charge on any atom is -0.496 e. The molecule has 2 aromatic rings. The summed E-state index contributed by atoms with van der Waals surface area (Å²) in [4.78, 5) is 14.1. The van der Waals surface area contributed by atoms with Gasteiger partial charge >= 0.3 is 0 Å². The van der Waals surface area contributed by atoms with Crippen LogP contribution in [-0.2, 0) is 10.0 Å². The predicted octanol–water partition coefficient (Wildman–Crippen LogP) is 2.91. The van der Waals surface area contributed by atoms with E-state index in [4.69, 9.17) is 4.74 Å².